The molecule has 0 bridgehead atoms. The van der Waals surface area contributed by atoms with Gasteiger partial charge in [-0.05, 0) is 38.1 Å². The number of nitrogens with one attached hydrogen (secondary N) is 1. The van der Waals surface area contributed by atoms with E-state index in [0.29, 0.717) is 18.4 Å². The standard InChI is InChI=1S/C15H33N3O/c1-12(2)7-9-17-15(19)14(5)18(10-6-8-16)11-13(3)4/h12-14H,6-11,16H2,1-5H3,(H,17,19). The van der Waals surface area contributed by atoms with Gasteiger partial charge in [-0.2, -0.15) is 0 Å². The van der Waals surface area contributed by atoms with Crippen molar-refractivity contribution >= 4 is 5.91 Å². The Balaban J connectivity index is 4.25. The fraction of sp³-hybridized carbons (Fsp3) is 0.933. The highest BCUT2D eigenvalue weighted by atomic mass is 16.2. The van der Waals surface area contributed by atoms with Crippen molar-refractivity contribution in [1.82, 2.24) is 10.2 Å². The van der Waals surface area contributed by atoms with Crippen molar-refractivity contribution in [3.63, 3.8) is 0 Å². The summed E-state index contributed by atoms with van der Waals surface area (Å²) in [5.74, 6) is 1.32. The lowest BCUT2D eigenvalue weighted by Crippen LogP contribution is -2.47. The first-order chi connectivity index (χ1) is 8.88. The molecule has 0 aromatic heterocycles. The Morgan fingerprint density at radius 2 is 1.79 bits per heavy atom. The molecule has 1 amide bonds. The van der Waals surface area contributed by atoms with Crippen LogP contribution in [0.15, 0.2) is 0 Å². The van der Waals surface area contributed by atoms with Crippen LogP contribution in [0.4, 0.5) is 0 Å². The Morgan fingerprint density at radius 3 is 2.26 bits per heavy atom. The maximum atomic E-state index is 12.1. The largest absolute Gasteiger partial charge is 0.355 e. The molecule has 0 spiro atoms. The summed E-state index contributed by atoms with van der Waals surface area (Å²) in [6.45, 7) is 14.0. The summed E-state index contributed by atoms with van der Waals surface area (Å²) >= 11 is 0. The van der Waals surface area contributed by atoms with Gasteiger partial charge in [-0.1, -0.05) is 27.7 Å². The number of nitrogens with two attached hydrogens (primary N) is 1. The number of amides is 1. The van der Waals surface area contributed by atoms with Crippen LogP contribution in [0.1, 0.15) is 47.5 Å². The molecule has 4 heteroatoms. The van der Waals surface area contributed by atoms with Gasteiger partial charge in [0.25, 0.3) is 0 Å². The van der Waals surface area contributed by atoms with E-state index in [2.05, 4.69) is 37.9 Å². The molecule has 0 heterocycles. The van der Waals surface area contributed by atoms with Crippen LogP contribution >= 0.6 is 0 Å². The number of carbonyl (C=O) groups is 1. The van der Waals surface area contributed by atoms with Crippen LogP contribution in [0, 0.1) is 11.8 Å². The van der Waals surface area contributed by atoms with Crippen LogP contribution in [0.2, 0.25) is 0 Å². The first-order valence-electron chi connectivity index (χ1n) is 7.60. The average Bonchev–Trinajstić information content (AvgIpc) is 2.32. The zero-order chi connectivity index (χ0) is 14.8. The highest BCUT2D eigenvalue weighted by molar-refractivity contribution is 5.81. The Kier molecular flexibility index (Phi) is 9.88. The molecule has 0 radical (unpaired) electrons. The molecule has 0 aliphatic rings. The van der Waals surface area contributed by atoms with E-state index in [1.54, 1.807) is 0 Å². The summed E-state index contributed by atoms with van der Waals surface area (Å²) < 4.78 is 0. The normalized spacial score (nSPS) is 13.3. The van der Waals surface area contributed by atoms with E-state index in [1.807, 2.05) is 6.92 Å². The van der Waals surface area contributed by atoms with E-state index in [4.69, 9.17) is 5.73 Å². The Hall–Kier alpha value is -0.610. The zero-order valence-corrected chi connectivity index (χ0v) is 13.4. The van der Waals surface area contributed by atoms with Gasteiger partial charge >= 0.3 is 0 Å². The number of nitrogens with zero attached hydrogens (tertiary/aromatic N) is 1. The fourth-order valence-electron chi connectivity index (χ4n) is 2.00. The summed E-state index contributed by atoms with van der Waals surface area (Å²) in [6, 6.07) is -0.0684. The van der Waals surface area contributed by atoms with Crippen LogP contribution in [0.3, 0.4) is 0 Å². The van der Waals surface area contributed by atoms with Crippen molar-refractivity contribution in [1.29, 1.82) is 0 Å². The van der Waals surface area contributed by atoms with Gasteiger partial charge in [-0.25, -0.2) is 0 Å². The van der Waals surface area contributed by atoms with Crippen molar-refractivity contribution in [3.05, 3.63) is 0 Å². The van der Waals surface area contributed by atoms with Crippen LogP contribution in [0.25, 0.3) is 0 Å². The molecule has 3 N–H and O–H groups in total. The number of carbonyl (C=O) groups excluding carboxylic acids is 1. The second-order valence-corrected chi connectivity index (χ2v) is 6.18. The van der Waals surface area contributed by atoms with Gasteiger partial charge < -0.3 is 11.1 Å². The van der Waals surface area contributed by atoms with E-state index in [0.717, 1.165) is 32.5 Å². The monoisotopic (exact) mass is 271 g/mol. The molecule has 0 fully saturated rings. The fourth-order valence-corrected chi connectivity index (χ4v) is 2.00. The third-order valence-electron chi connectivity index (χ3n) is 3.20. The molecule has 114 valence electrons. The van der Waals surface area contributed by atoms with Gasteiger partial charge in [0.2, 0.25) is 5.91 Å². The second-order valence-electron chi connectivity index (χ2n) is 6.18. The van der Waals surface area contributed by atoms with Crippen molar-refractivity contribution in [2.75, 3.05) is 26.2 Å². The number of hydrogen-bond donors (Lipinski definition) is 2. The quantitative estimate of drug-likeness (QED) is 0.637. The predicted molar refractivity (Wildman–Crippen MR) is 82.0 cm³/mol. The molecule has 0 aliphatic carbocycles. The van der Waals surface area contributed by atoms with Crippen LogP contribution < -0.4 is 11.1 Å². The second kappa shape index (κ2) is 10.2. The topological polar surface area (TPSA) is 58.4 Å². The van der Waals surface area contributed by atoms with Crippen LogP contribution in [-0.4, -0.2) is 43.0 Å². The van der Waals surface area contributed by atoms with E-state index in [9.17, 15) is 4.79 Å². The third kappa shape index (κ3) is 9.00. The summed E-state index contributed by atoms with van der Waals surface area (Å²) in [4.78, 5) is 14.4. The van der Waals surface area contributed by atoms with Crippen molar-refractivity contribution in [2.24, 2.45) is 17.6 Å². The summed E-state index contributed by atoms with van der Waals surface area (Å²) in [5.41, 5.74) is 5.57. The molecule has 0 aromatic carbocycles. The van der Waals surface area contributed by atoms with Gasteiger partial charge in [0, 0.05) is 19.6 Å². The highest BCUT2D eigenvalue weighted by Gasteiger charge is 2.21. The lowest BCUT2D eigenvalue weighted by molar-refractivity contribution is -0.126. The molecule has 0 rings (SSSR count). The zero-order valence-electron chi connectivity index (χ0n) is 13.4. The van der Waals surface area contributed by atoms with Gasteiger partial charge in [-0.15, -0.1) is 0 Å². The van der Waals surface area contributed by atoms with Crippen molar-refractivity contribution in [3.8, 4) is 0 Å². The van der Waals surface area contributed by atoms with E-state index in [1.165, 1.54) is 0 Å². The summed E-state index contributed by atoms with van der Waals surface area (Å²) in [7, 11) is 0. The maximum absolute atomic E-state index is 12.1. The molecule has 0 aliphatic heterocycles. The average molecular weight is 271 g/mol. The van der Waals surface area contributed by atoms with E-state index < -0.39 is 0 Å². The van der Waals surface area contributed by atoms with Crippen molar-refractivity contribution < 1.29 is 4.79 Å². The Morgan fingerprint density at radius 1 is 1.16 bits per heavy atom. The number of hydrogen-bond acceptors (Lipinski definition) is 3. The van der Waals surface area contributed by atoms with Gasteiger partial charge in [0.1, 0.15) is 0 Å². The molecule has 1 unspecified atom stereocenters. The highest BCUT2D eigenvalue weighted by Crippen LogP contribution is 2.06. The Labute approximate surface area is 119 Å². The minimum Gasteiger partial charge on any atom is -0.355 e. The minimum atomic E-state index is -0.0684. The minimum absolute atomic E-state index is 0.0684. The third-order valence-corrected chi connectivity index (χ3v) is 3.20. The molecule has 4 nitrogen and oxygen atoms in total. The number of rotatable bonds is 10. The van der Waals surface area contributed by atoms with Crippen LogP contribution in [0.5, 0.6) is 0 Å². The summed E-state index contributed by atoms with van der Waals surface area (Å²) in [5, 5.41) is 3.03. The first kappa shape index (κ1) is 18.4. The Bertz CT molecular complexity index is 242. The van der Waals surface area contributed by atoms with Gasteiger partial charge in [0.15, 0.2) is 0 Å². The molecule has 0 saturated carbocycles. The lowest BCUT2D eigenvalue weighted by Gasteiger charge is -2.29. The van der Waals surface area contributed by atoms with Gasteiger partial charge in [-0.3, -0.25) is 9.69 Å². The summed E-state index contributed by atoms with van der Waals surface area (Å²) in [6.07, 6.45) is 1.97. The molecule has 19 heavy (non-hydrogen) atoms. The lowest BCUT2D eigenvalue weighted by atomic mass is 10.1. The van der Waals surface area contributed by atoms with E-state index in [-0.39, 0.29) is 11.9 Å². The SMILES string of the molecule is CC(C)CCNC(=O)C(C)N(CCCN)CC(C)C. The van der Waals surface area contributed by atoms with E-state index >= 15 is 0 Å². The maximum Gasteiger partial charge on any atom is 0.237 e. The molecule has 0 aromatic rings. The predicted octanol–water partition coefficient (Wildman–Crippen LogP) is 1.84. The molecule has 1 atom stereocenters. The first-order valence-corrected chi connectivity index (χ1v) is 7.60. The molecule has 0 saturated heterocycles. The molecular formula is C15H33N3O. The van der Waals surface area contributed by atoms with Crippen molar-refractivity contribution in [2.45, 2.75) is 53.5 Å². The molecular weight excluding hydrogens is 238 g/mol. The van der Waals surface area contributed by atoms with Gasteiger partial charge in [0.05, 0.1) is 6.04 Å². The van der Waals surface area contributed by atoms with Crippen LogP contribution in [-0.2, 0) is 4.79 Å². The smallest absolute Gasteiger partial charge is 0.237 e.